The number of halogens is 3. The van der Waals surface area contributed by atoms with E-state index in [1.54, 1.807) is 18.2 Å². The highest BCUT2D eigenvalue weighted by Crippen LogP contribution is 2.38. The van der Waals surface area contributed by atoms with Crippen LogP contribution in [0.3, 0.4) is 0 Å². The number of hydrogen-bond acceptors (Lipinski definition) is 4. The summed E-state index contributed by atoms with van der Waals surface area (Å²) in [7, 11) is 0. The first kappa shape index (κ1) is 24.7. The molecule has 3 rings (SSSR count). The van der Waals surface area contributed by atoms with Gasteiger partial charge in [-0.1, -0.05) is 24.3 Å². The minimum absolute atomic E-state index is 0.000756. The molecule has 0 bridgehead atoms. The van der Waals surface area contributed by atoms with Crippen molar-refractivity contribution >= 4 is 56.2 Å². The summed E-state index contributed by atoms with van der Waals surface area (Å²) in [6.07, 6.45) is 1.41. The highest BCUT2D eigenvalue weighted by Gasteiger charge is 2.15. The van der Waals surface area contributed by atoms with Crippen LogP contribution in [0.2, 0.25) is 0 Å². The Morgan fingerprint density at radius 2 is 1.91 bits per heavy atom. The number of ether oxygens (including phenoxy) is 2. The van der Waals surface area contributed by atoms with E-state index < -0.39 is 11.7 Å². The van der Waals surface area contributed by atoms with E-state index in [2.05, 4.69) is 43.8 Å². The molecule has 1 amide bonds. The molecule has 0 spiro atoms. The molecule has 0 saturated carbocycles. The Morgan fingerprint density at radius 3 is 2.58 bits per heavy atom. The standard InChI is InChI=1S/C25H19BrFIN2O3/c1-2-32-23-13-17(11-18(14-29)25(31)30-22-6-4-3-5-21(22)27)12-20(26)24(23)33-15-16-7-9-19(28)10-8-16/h3-13H,2,15H2,1H3,(H,30,31)/b18-11-. The van der Waals surface area contributed by atoms with E-state index in [1.165, 1.54) is 24.3 Å². The number of para-hydroxylation sites is 1. The van der Waals surface area contributed by atoms with Crippen molar-refractivity contribution in [2.75, 3.05) is 11.9 Å². The van der Waals surface area contributed by atoms with E-state index in [-0.39, 0.29) is 11.3 Å². The number of benzene rings is 3. The lowest BCUT2D eigenvalue weighted by Gasteiger charge is -2.15. The third kappa shape index (κ3) is 6.79. The molecule has 0 aromatic heterocycles. The predicted molar refractivity (Wildman–Crippen MR) is 137 cm³/mol. The summed E-state index contributed by atoms with van der Waals surface area (Å²) in [5.74, 6) is -0.313. The summed E-state index contributed by atoms with van der Waals surface area (Å²) in [6.45, 7) is 2.60. The highest BCUT2D eigenvalue weighted by molar-refractivity contribution is 14.1. The van der Waals surface area contributed by atoms with Gasteiger partial charge in [-0.05, 0) is 99.0 Å². The molecule has 1 N–H and O–H groups in total. The highest BCUT2D eigenvalue weighted by atomic mass is 127. The van der Waals surface area contributed by atoms with Gasteiger partial charge in [-0.3, -0.25) is 4.79 Å². The zero-order chi connectivity index (χ0) is 23.8. The molecule has 0 atom stereocenters. The molecular weight excluding hydrogens is 602 g/mol. The average molecular weight is 621 g/mol. The third-order valence-electron chi connectivity index (χ3n) is 4.43. The number of nitriles is 1. The largest absolute Gasteiger partial charge is 0.490 e. The zero-order valence-corrected chi connectivity index (χ0v) is 21.3. The van der Waals surface area contributed by atoms with Crippen LogP contribution < -0.4 is 14.8 Å². The predicted octanol–water partition coefficient (Wildman–Crippen LogP) is 6.72. The maximum absolute atomic E-state index is 13.8. The summed E-state index contributed by atoms with van der Waals surface area (Å²) < 4.78 is 27.3. The second-order valence-corrected chi connectivity index (χ2v) is 8.88. The van der Waals surface area contributed by atoms with Gasteiger partial charge in [0.1, 0.15) is 24.1 Å². The second kappa shape index (κ2) is 11.8. The first-order valence-electron chi connectivity index (χ1n) is 9.92. The molecule has 3 aromatic rings. The van der Waals surface area contributed by atoms with E-state index in [1.807, 2.05) is 37.3 Å². The van der Waals surface area contributed by atoms with Crippen molar-refractivity contribution in [1.29, 1.82) is 5.26 Å². The van der Waals surface area contributed by atoms with Crippen molar-refractivity contribution in [3.8, 4) is 17.6 Å². The summed E-state index contributed by atoms with van der Waals surface area (Å²) in [5, 5.41) is 11.9. The number of anilines is 1. The molecule has 0 heterocycles. The lowest BCUT2D eigenvalue weighted by atomic mass is 10.1. The molecule has 168 valence electrons. The van der Waals surface area contributed by atoms with Crippen LogP contribution in [0.4, 0.5) is 10.1 Å². The molecule has 5 nitrogen and oxygen atoms in total. The maximum Gasteiger partial charge on any atom is 0.266 e. The summed E-state index contributed by atoms with van der Waals surface area (Å²) in [4.78, 5) is 12.5. The molecule has 3 aromatic carbocycles. The number of rotatable bonds is 8. The van der Waals surface area contributed by atoms with E-state index in [0.717, 1.165) is 9.13 Å². The van der Waals surface area contributed by atoms with Gasteiger partial charge in [-0.15, -0.1) is 0 Å². The van der Waals surface area contributed by atoms with Crippen LogP contribution in [0.25, 0.3) is 6.08 Å². The van der Waals surface area contributed by atoms with Crippen LogP contribution >= 0.6 is 38.5 Å². The van der Waals surface area contributed by atoms with Gasteiger partial charge in [-0.2, -0.15) is 5.26 Å². The number of carbonyl (C=O) groups is 1. The molecule has 0 saturated heterocycles. The molecule has 0 radical (unpaired) electrons. The van der Waals surface area contributed by atoms with Crippen LogP contribution in [-0.2, 0) is 11.4 Å². The van der Waals surface area contributed by atoms with Gasteiger partial charge >= 0.3 is 0 Å². The van der Waals surface area contributed by atoms with Crippen LogP contribution in [0.15, 0.2) is 70.7 Å². The van der Waals surface area contributed by atoms with Gasteiger partial charge in [0.2, 0.25) is 0 Å². The minimum Gasteiger partial charge on any atom is -0.490 e. The third-order valence-corrected chi connectivity index (χ3v) is 5.73. The van der Waals surface area contributed by atoms with Crippen LogP contribution in [0.1, 0.15) is 18.1 Å². The van der Waals surface area contributed by atoms with Crippen molar-refractivity contribution in [2.45, 2.75) is 13.5 Å². The molecule has 8 heteroatoms. The van der Waals surface area contributed by atoms with Crippen LogP contribution in [-0.4, -0.2) is 12.5 Å². The van der Waals surface area contributed by atoms with Crippen molar-refractivity contribution in [2.24, 2.45) is 0 Å². The number of nitrogens with zero attached hydrogens (tertiary/aromatic N) is 1. The molecular formula is C25H19BrFIN2O3. The van der Waals surface area contributed by atoms with Crippen molar-refractivity contribution in [1.82, 2.24) is 0 Å². The quantitative estimate of drug-likeness (QED) is 0.172. The molecule has 0 fully saturated rings. The van der Waals surface area contributed by atoms with Gasteiger partial charge in [0, 0.05) is 3.57 Å². The lowest BCUT2D eigenvalue weighted by Crippen LogP contribution is -2.14. The number of hydrogen-bond donors (Lipinski definition) is 1. The van der Waals surface area contributed by atoms with E-state index in [0.29, 0.717) is 34.7 Å². The van der Waals surface area contributed by atoms with Gasteiger partial charge in [0.05, 0.1) is 16.8 Å². The van der Waals surface area contributed by atoms with E-state index in [4.69, 9.17) is 9.47 Å². The summed E-state index contributed by atoms with van der Waals surface area (Å²) in [6, 6.07) is 19.0. The smallest absolute Gasteiger partial charge is 0.266 e. The number of nitrogens with one attached hydrogen (secondary N) is 1. The zero-order valence-electron chi connectivity index (χ0n) is 17.6. The van der Waals surface area contributed by atoms with Gasteiger partial charge in [-0.25, -0.2) is 4.39 Å². The fourth-order valence-electron chi connectivity index (χ4n) is 2.88. The van der Waals surface area contributed by atoms with Gasteiger partial charge in [0.15, 0.2) is 11.5 Å². The SMILES string of the molecule is CCOc1cc(/C=C(/C#N)C(=O)Nc2ccccc2F)cc(Br)c1OCc1ccc(I)cc1. The van der Waals surface area contributed by atoms with Crippen LogP contribution in [0.5, 0.6) is 11.5 Å². The first-order valence-corrected chi connectivity index (χ1v) is 11.8. The molecule has 33 heavy (non-hydrogen) atoms. The number of carbonyl (C=O) groups excluding carboxylic acids is 1. The first-order chi connectivity index (χ1) is 15.9. The monoisotopic (exact) mass is 620 g/mol. The maximum atomic E-state index is 13.8. The molecule has 0 unspecified atom stereocenters. The summed E-state index contributed by atoms with van der Waals surface area (Å²) >= 11 is 5.74. The Balaban J connectivity index is 1.85. The Hall–Kier alpha value is -2.90. The van der Waals surface area contributed by atoms with Gasteiger partial charge < -0.3 is 14.8 Å². The topological polar surface area (TPSA) is 71.3 Å². The van der Waals surface area contributed by atoms with E-state index in [9.17, 15) is 14.4 Å². The average Bonchev–Trinajstić information content (AvgIpc) is 2.79. The Bertz CT molecular complexity index is 1220. The van der Waals surface area contributed by atoms with Crippen molar-refractivity contribution < 1.29 is 18.7 Å². The number of amides is 1. The lowest BCUT2D eigenvalue weighted by molar-refractivity contribution is -0.112. The normalized spacial score (nSPS) is 10.9. The Labute approximate surface area is 213 Å². The second-order valence-electron chi connectivity index (χ2n) is 6.78. The minimum atomic E-state index is -0.712. The Kier molecular flexibility index (Phi) is 8.86. The molecule has 0 aliphatic heterocycles. The van der Waals surface area contributed by atoms with Crippen LogP contribution in [0, 0.1) is 20.7 Å². The fraction of sp³-hybridized carbons (Fsp3) is 0.120. The fourth-order valence-corrected chi connectivity index (χ4v) is 3.81. The van der Waals surface area contributed by atoms with E-state index >= 15 is 0 Å². The summed E-state index contributed by atoms with van der Waals surface area (Å²) in [5.41, 5.74) is 1.37. The van der Waals surface area contributed by atoms with Crippen molar-refractivity contribution in [3.05, 3.63) is 91.2 Å². The Morgan fingerprint density at radius 1 is 1.18 bits per heavy atom. The van der Waals surface area contributed by atoms with Crippen molar-refractivity contribution in [3.63, 3.8) is 0 Å². The molecule has 0 aliphatic rings. The van der Waals surface area contributed by atoms with Gasteiger partial charge in [0.25, 0.3) is 5.91 Å². The molecule has 0 aliphatic carbocycles.